The average Bonchev–Trinajstić information content (AvgIpc) is 2.36. The van der Waals surface area contributed by atoms with Crippen LogP contribution in [0.4, 0.5) is 0 Å². The number of benzene rings is 1. The summed E-state index contributed by atoms with van der Waals surface area (Å²) in [5, 5.41) is 10.6. The zero-order valence-electron chi connectivity index (χ0n) is 10.4. The largest absolute Gasteiger partial charge is 0.480 e. The Kier molecular flexibility index (Phi) is 5.05. The number of sulfone groups is 1. The minimum absolute atomic E-state index is 0.0122. The molecule has 0 saturated carbocycles. The third kappa shape index (κ3) is 4.70. The normalized spacial score (nSPS) is 11.0. The number of carboxylic acid groups (broad SMARTS) is 1. The van der Waals surface area contributed by atoms with Crippen LogP contribution in [0.15, 0.2) is 29.2 Å². The van der Waals surface area contributed by atoms with Crippen LogP contribution in [-0.4, -0.2) is 37.7 Å². The lowest BCUT2D eigenvalue weighted by molar-refractivity contribution is -0.137. The molecule has 6 nitrogen and oxygen atoms in total. The second-order valence-electron chi connectivity index (χ2n) is 3.90. The molecule has 0 aliphatic carbocycles. The van der Waals surface area contributed by atoms with E-state index in [1.165, 1.54) is 12.1 Å². The van der Waals surface area contributed by atoms with Gasteiger partial charge in [-0.15, -0.1) is 0 Å². The molecule has 0 bridgehead atoms. The zero-order valence-corrected chi connectivity index (χ0v) is 11.2. The lowest BCUT2D eigenvalue weighted by Crippen LogP contribution is -2.30. The summed E-state index contributed by atoms with van der Waals surface area (Å²) in [6, 6.07) is 6.08. The smallest absolute Gasteiger partial charge is 0.322 e. The van der Waals surface area contributed by atoms with Crippen LogP contribution in [0.2, 0.25) is 0 Å². The van der Waals surface area contributed by atoms with Gasteiger partial charge >= 0.3 is 5.97 Å². The van der Waals surface area contributed by atoms with Gasteiger partial charge < -0.3 is 10.4 Å². The van der Waals surface area contributed by atoms with Gasteiger partial charge in [-0.2, -0.15) is 0 Å². The van der Waals surface area contributed by atoms with Gasteiger partial charge in [-0.05, 0) is 17.7 Å². The number of hydrogen-bond donors (Lipinski definition) is 2. The summed E-state index contributed by atoms with van der Waals surface area (Å²) in [5.41, 5.74) is 0.525. The summed E-state index contributed by atoms with van der Waals surface area (Å²) in [6.45, 7) is 1.09. The fraction of sp³-hybridized carbons (Fsp3) is 0.333. The van der Waals surface area contributed by atoms with Gasteiger partial charge in [0.15, 0.2) is 9.84 Å². The highest BCUT2D eigenvalue weighted by atomic mass is 32.2. The molecule has 0 atom stereocenters. The van der Waals surface area contributed by atoms with Crippen molar-refractivity contribution in [1.29, 1.82) is 0 Å². The predicted octanol–water partition coefficient (Wildman–Crippen LogP) is 0.224. The van der Waals surface area contributed by atoms with Crippen molar-refractivity contribution in [3.63, 3.8) is 0 Å². The number of nitrogens with one attached hydrogen (secondary N) is 1. The number of hydrogen-bond acceptors (Lipinski definition) is 4. The quantitative estimate of drug-likeness (QED) is 0.779. The highest BCUT2D eigenvalue weighted by Gasteiger charge is 2.13. The standard InChI is InChI=1S/C12H15NO5S/c1-2-19(17,18)10-5-3-4-9(6-10)7-11(14)13-8-12(15)16/h3-6H,2,7-8H2,1H3,(H,13,14)(H,15,16). The fourth-order valence-corrected chi connectivity index (χ4v) is 2.39. The van der Waals surface area contributed by atoms with E-state index in [1.807, 2.05) is 0 Å². The van der Waals surface area contributed by atoms with E-state index < -0.39 is 28.3 Å². The van der Waals surface area contributed by atoms with E-state index in [0.717, 1.165) is 0 Å². The van der Waals surface area contributed by atoms with Crippen LogP contribution < -0.4 is 5.32 Å². The van der Waals surface area contributed by atoms with Crippen LogP contribution in [0.25, 0.3) is 0 Å². The number of rotatable bonds is 6. The summed E-state index contributed by atoms with van der Waals surface area (Å²) in [7, 11) is -3.31. The molecule has 1 aromatic rings. The van der Waals surface area contributed by atoms with Crippen molar-refractivity contribution in [3.05, 3.63) is 29.8 Å². The van der Waals surface area contributed by atoms with Crippen molar-refractivity contribution in [2.24, 2.45) is 0 Å². The highest BCUT2D eigenvalue weighted by Crippen LogP contribution is 2.13. The second kappa shape index (κ2) is 6.33. The number of carboxylic acids is 1. The first-order chi connectivity index (χ1) is 8.85. The Balaban J connectivity index is 2.78. The molecule has 7 heteroatoms. The van der Waals surface area contributed by atoms with Crippen LogP contribution >= 0.6 is 0 Å². The van der Waals surface area contributed by atoms with E-state index >= 15 is 0 Å². The first-order valence-corrected chi connectivity index (χ1v) is 7.30. The third-order valence-electron chi connectivity index (χ3n) is 2.44. The molecular formula is C12H15NO5S. The molecule has 0 spiro atoms. The molecule has 0 aliphatic heterocycles. The fourth-order valence-electron chi connectivity index (χ4n) is 1.44. The molecule has 0 aliphatic rings. The van der Waals surface area contributed by atoms with Crippen molar-refractivity contribution in [1.82, 2.24) is 5.32 Å². The minimum atomic E-state index is -3.31. The van der Waals surface area contributed by atoms with Gasteiger partial charge in [0.05, 0.1) is 17.1 Å². The van der Waals surface area contributed by atoms with Crippen LogP contribution in [0.3, 0.4) is 0 Å². The Bertz CT molecular complexity index is 580. The molecule has 0 radical (unpaired) electrons. The maximum absolute atomic E-state index is 11.7. The van der Waals surface area contributed by atoms with E-state index in [9.17, 15) is 18.0 Å². The first kappa shape index (κ1) is 15.2. The predicted molar refractivity (Wildman–Crippen MR) is 68.5 cm³/mol. The van der Waals surface area contributed by atoms with Gasteiger partial charge in [-0.25, -0.2) is 8.42 Å². The summed E-state index contributed by atoms with van der Waals surface area (Å²) in [4.78, 5) is 21.9. The highest BCUT2D eigenvalue weighted by molar-refractivity contribution is 7.91. The topological polar surface area (TPSA) is 101 Å². The van der Waals surface area contributed by atoms with Gasteiger partial charge in [-0.3, -0.25) is 9.59 Å². The summed E-state index contributed by atoms with van der Waals surface area (Å²) >= 11 is 0. The van der Waals surface area contributed by atoms with Gasteiger partial charge in [0, 0.05) is 0 Å². The van der Waals surface area contributed by atoms with Crippen molar-refractivity contribution in [2.75, 3.05) is 12.3 Å². The maximum atomic E-state index is 11.7. The molecule has 0 saturated heterocycles. The number of amides is 1. The molecule has 0 aromatic heterocycles. The Labute approximate surface area is 111 Å². The van der Waals surface area contributed by atoms with Crippen molar-refractivity contribution < 1.29 is 23.1 Å². The van der Waals surface area contributed by atoms with Gasteiger partial charge in [0.2, 0.25) is 5.91 Å². The Morgan fingerprint density at radius 2 is 2.00 bits per heavy atom. The van der Waals surface area contributed by atoms with E-state index in [4.69, 9.17) is 5.11 Å². The average molecular weight is 285 g/mol. The molecule has 1 aromatic carbocycles. The summed E-state index contributed by atoms with van der Waals surface area (Å²) in [6.07, 6.45) is -0.0552. The molecule has 104 valence electrons. The maximum Gasteiger partial charge on any atom is 0.322 e. The Morgan fingerprint density at radius 1 is 1.32 bits per heavy atom. The molecule has 0 heterocycles. The minimum Gasteiger partial charge on any atom is -0.480 e. The third-order valence-corrected chi connectivity index (χ3v) is 4.17. The lowest BCUT2D eigenvalue weighted by Gasteiger charge is -2.05. The van der Waals surface area contributed by atoms with Crippen molar-refractivity contribution >= 4 is 21.7 Å². The van der Waals surface area contributed by atoms with Gasteiger partial charge in [0.25, 0.3) is 0 Å². The monoisotopic (exact) mass is 285 g/mol. The van der Waals surface area contributed by atoms with E-state index in [0.29, 0.717) is 5.56 Å². The summed E-state index contributed by atoms with van der Waals surface area (Å²) in [5.74, 6) is -1.61. The SMILES string of the molecule is CCS(=O)(=O)c1cccc(CC(=O)NCC(=O)O)c1. The van der Waals surface area contributed by atoms with Crippen molar-refractivity contribution in [3.8, 4) is 0 Å². The molecule has 2 N–H and O–H groups in total. The van der Waals surface area contributed by atoms with E-state index in [2.05, 4.69) is 5.32 Å². The van der Waals surface area contributed by atoms with Crippen LogP contribution in [0.1, 0.15) is 12.5 Å². The zero-order chi connectivity index (χ0) is 14.5. The number of carbonyl (C=O) groups excluding carboxylic acids is 1. The van der Waals surface area contributed by atoms with Crippen LogP contribution in [0, 0.1) is 0 Å². The molecule has 19 heavy (non-hydrogen) atoms. The van der Waals surface area contributed by atoms with Crippen molar-refractivity contribution in [2.45, 2.75) is 18.2 Å². The molecular weight excluding hydrogens is 270 g/mol. The number of aliphatic carboxylic acids is 1. The van der Waals surface area contributed by atoms with Gasteiger partial charge in [-0.1, -0.05) is 19.1 Å². The first-order valence-electron chi connectivity index (χ1n) is 5.65. The van der Waals surface area contributed by atoms with Gasteiger partial charge in [0.1, 0.15) is 6.54 Å². The molecule has 0 unspecified atom stereocenters. The number of carbonyl (C=O) groups is 2. The van der Waals surface area contributed by atoms with Crippen LogP contribution in [0.5, 0.6) is 0 Å². The molecule has 1 amide bonds. The van der Waals surface area contributed by atoms with Crippen LogP contribution in [-0.2, 0) is 25.8 Å². The van der Waals surface area contributed by atoms with E-state index in [1.54, 1.807) is 19.1 Å². The molecule has 1 rings (SSSR count). The Morgan fingerprint density at radius 3 is 2.58 bits per heavy atom. The lowest BCUT2D eigenvalue weighted by atomic mass is 10.1. The van der Waals surface area contributed by atoms with E-state index in [-0.39, 0.29) is 17.1 Å². The summed E-state index contributed by atoms with van der Waals surface area (Å²) < 4.78 is 23.4. The molecule has 0 fully saturated rings. The Hall–Kier alpha value is -1.89. The second-order valence-corrected chi connectivity index (χ2v) is 6.18.